The van der Waals surface area contributed by atoms with E-state index in [1.165, 1.54) is 12.3 Å². The Balaban J connectivity index is 0.000000271. The first-order chi connectivity index (χ1) is 41.7. The first-order valence-corrected chi connectivity index (χ1v) is 29.1. The van der Waals surface area contributed by atoms with Gasteiger partial charge in [-0.25, -0.2) is 29.6 Å². The summed E-state index contributed by atoms with van der Waals surface area (Å²) in [6.07, 6.45) is 14.9. The van der Waals surface area contributed by atoms with Gasteiger partial charge >= 0.3 is 0 Å². The second-order valence-corrected chi connectivity index (χ2v) is 20.9. The van der Waals surface area contributed by atoms with Gasteiger partial charge in [0.15, 0.2) is 5.78 Å². The molecule has 2 amide bonds. The lowest BCUT2D eigenvalue weighted by Gasteiger charge is -2.18. The summed E-state index contributed by atoms with van der Waals surface area (Å²) in [5.74, 6) is 0.778. The zero-order valence-electron chi connectivity index (χ0n) is 47.6. The monoisotopic (exact) mass is 1280 g/mol. The van der Waals surface area contributed by atoms with Crippen molar-refractivity contribution in [2.45, 2.75) is 46.2 Å². The molecule has 21 nitrogen and oxygen atoms in total. The van der Waals surface area contributed by atoms with E-state index in [1.54, 1.807) is 72.8 Å². The van der Waals surface area contributed by atoms with Crippen LogP contribution in [0.1, 0.15) is 54.0 Å². The van der Waals surface area contributed by atoms with E-state index < -0.39 is 5.24 Å². The molecule has 10 rings (SSSR count). The van der Waals surface area contributed by atoms with Crippen LogP contribution in [0.2, 0.25) is 0 Å². The third-order valence-electron chi connectivity index (χ3n) is 13.7. The lowest BCUT2D eigenvalue weighted by molar-refractivity contribution is -0.114. The summed E-state index contributed by atoms with van der Waals surface area (Å²) in [5, 5.41) is 28.6. The zero-order valence-corrected chi connectivity index (χ0v) is 49.9. The van der Waals surface area contributed by atoms with Crippen LogP contribution in [0.25, 0.3) is 54.0 Å². The summed E-state index contributed by atoms with van der Waals surface area (Å²) in [6, 6.07) is 29.9. The average Bonchev–Trinajstić information content (AvgIpc) is 3.99. The van der Waals surface area contributed by atoms with Gasteiger partial charge < -0.3 is 56.6 Å². The van der Waals surface area contributed by atoms with Crippen molar-refractivity contribution in [3.63, 3.8) is 0 Å². The highest BCUT2D eigenvalue weighted by atomic mass is 79.9. The Morgan fingerprint density at radius 3 is 1.65 bits per heavy atom. The van der Waals surface area contributed by atoms with Crippen LogP contribution in [-0.4, -0.2) is 168 Å². The molecule has 0 saturated carbocycles. The molecule has 4 aromatic carbocycles. The minimum Gasteiger partial charge on any atom is -0.399 e. The highest BCUT2D eigenvalue weighted by Crippen LogP contribution is 2.36. The Labute approximate surface area is 526 Å². The SMILES string of the molecule is C.C.CNCCO.O=C(Cl)/C=C/CBr.[C-]#[N+]c1cnc(N[C@@H]2CCN(C(=O)c3ccc(CC(=O)/C=C/CN(C)CCO)cc3)C2)nc1-c1c[nH]c2ccccc12.[C-]#[N+]c1cnc(N[C@@H]2CCN(C(=O)c3ccc(N)cc3)C2)nc1-c1c[nH]c2ccccc12. The van der Waals surface area contributed by atoms with Gasteiger partial charge in [-0.05, 0) is 105 Å². The number of nitrogens with zero attached hydrogens (tertiary/aromatic N) is 9. The topological polar surface area (TPSA) is 272 Å². The number of aromatic amines is 2. The number of aliphatic hydroxyl groups is 2. The van der Waals surface area contributed by atoms with Crippen molar-refractivity contribution in [1.82, 2.24) is 49.9 Å². The fourth-order valence-electron chi connectivity index (χ4n) is 9.37. The molecule has 23 heteroatoms. The number of allylic oxidation sites excluding steroid dienone is 3. The Kier molecular flexibility index (Phi) is 28.1. The molecule has 0 bridgehead atoms. The van der Waals surface area contributed by atoms with E-state index in [1.807, 2.05) is 89.9 Å². The Morgan fingerprint density at radius 2 is 1.23 bits per heavy atom. The molecule has 2 atom stereocenters. The number of para-hydroxylation sites is 2. The minimum atomic E-state index is -0.431. The fourth-order valence-corrected chi connectivity index (χ4v) is 9.64. The lowest BCUT2D eigenvalue weighted by Crippen LogP contribution is -2.31. The molecule has 8 aromatic rings. The molecule has 4 aromatic heterocycles. The number of carbonyl (C=O) groups is 4. The van der Waals surface area contributed by atoms with Crippen molar-refractivity contribution in [2.24, 2.45) is 0 Å². The van der Waals surface area contributed by atoms with Crippen LogP contribution in [0, 0.1) is 13.1 Å². The van der Waals surface area contributed by atoms with Crippen molar-refractivity contribution in [1.29, 1.82) is 0 Å². The highest BCUT2D eigenvalue weighted by molar-refractivity contribution is 9.09. The van der Waals surface area contributed by atoms with Crippen LogP contribution < -0.4 is 21.7 Å². The number of alkyl halides is 1. The molecular formula is C65H75BrClN15O6. The summed E-state index contributed by atoms with van der Waals surface area (Å²) in [4.78, 5) is 85.4. The predicted molar refractivity (Wildman–Crippen MR) is 355 cm³/mol. The maximum Gasteiger partial charge on any atom is 0.253 e. The Hall–Kier alpha value is -9.13. The number of carbonyl (C=O) groups excluding carboxylic acids is 4. The molecule has 9 N–H and O–H groups in total. The van der Waals surface area contributed by atoms with E-state index >= 15 is 0 Å². The van der Waals surface area contributed by atoms with Gasteiger partial charge in [0.2, 0.25) is 28.5 Å². The van der Waals surface area contributed by atoms with Gasteiger partial charge in [-0.1, -0.05) is 91.5 Å². The number of ketones is 1. The van der Waals surface area contributed by atoms with Crippen LogP contribution >= 0.6 is 27.5 Å². The number of nitrogens with two attached hydrogens (primary N) is 1. The number of likely N-dealkylation sites (tertiary alicyclic amines) is 2. The van der Waals surface area contributed by atoms with Crippen LogP contribution in [0.3, 0.4) is 0 Å². The van der Waals surface area contributed by atoms with E-state index in [-0.39, 0.29) is 64.2 Å². The summed E-state index contributed by atoms with van der Waals surface area (Å²) in [7, 11) is 3.68. The molecule has 88 heavy (non-hydrogen) atoms. The zero-order chi connectivity index (χ0) is 61.4. The van der Waals surface area contributed by atoms with Crippen molar-refractivity contribution in [3.05, 3.63) is 186 Å². The number of H-pyrrole nitrogens is 2. The number of amides is 2. The number of aromatic nitrogens is 6. The normalized spacial score (nSPS) is 14.1. The van der Waals surface area contributed by atoms with Gasteiger partial charge in [-0.3, -0.25) is 19.2 Å². The first-order valence-electron chi connectivity index (χ1n) is 27.6. The number of likely N-dealkylation sites (N-methyl/N-ethyl adjacent to an activating group) is 2. The number of benzene rings is 4. The number of hydrogen-bond acceptors (Lipinski definition) is 15. The molecule has 2 saturated heterocycles. The van der Waals surface area contributed by atoms with Gasteiger partial charge in [0.05, 0.1) is 37.7 Å². The summed E-state index contributed by atoms with van der Waals surface area (Å²) in [5.41, 5.74) is 14.0. The summed E-state index contributed by atoms with van der Waals surface area (Å²) >= 11 is 7.99. The molecule has 2 aliphatic rings. The van der Waals surface area contributed by atoms with Crippen LogP contribution in [0.15, 0.2) is 146 Å². The quantitative estimate of drug-likeness (QED) is 0.0123. The van der Waals surface area contributed by atoms with E-state index in [0.717, 1.165) is 51.3 Å². The van der Waals surface area contributed by atoms with Crippen LogP contribution in [-0.2, 0) is 16.0 Å². The van der Waals surface area contributed by atoms with E-state index in [0.29, 0.717) is 103 Å². The number of hydrogen-bond donors (Lipinski definition) is 8. The Bertz CT molecular complexity index is 3730. The standard InChI is InChI=1S/C32H33N7O3.C24H21N7O.C4H4BrClO.C3H9NO.2CH4/c1-33-29-20-35-32(37-30(29)27-19-34-28-8-4-3-7-26(27)28)36-24-13-15-39(21-24)31(42)23-11-9-22(10-12-23)18-25(41)6-5-14-38(2)16-17-40;1-26-21-13-28-24(30-22(21)19-12-27-20-5-3-2-4-18(19)20)29-17-10-11-31(14-17)23(32)15-6-8-16(25)9-7-15;5-3-1-2-4(6)7;1-4-2-3-5;;/h3-12,19-20,24,34,40H,13-18,21H2,2H3,(H,35,36,37);2-9,12-13,17,27H,10-11,14,25H2,(H,28,29,30);1-2H,3H2;4-5H,2-3H2,1H3;2*1H4/b6-5+;;2-1+;;;/t24-;17-;;;;/m11..../s1. The maximum atomic E-state index is 13.2. The second-order valence-electron chi connectivity index (χ2n) is 19.9. The third kappa shape index (κ3) is 19.7. The van der Waals surface area contributed by atoms with Crippen molar-refractivity contribution in [2.75, 3.05) is 94.8 Å². The van der Waals surface area contributed by atoms with E-state index in [2.05, 4.69) is 66.5 Å². The minimum absolute atomic E-state index is 0. The molecule has 2 aliphatic heterocycles. The first kappa shape index (κ1) is 69.6. The predicted octanol–water partition coefficient (Wildman–Crippen LogP) is 10.4. The molecule has 460 valence electrons. The number of aliphatic hydroxyl groups excluding tert-OH is 2. The molecule has 0 radical (unpaired) electrons. The fraction of sp³-hybridized carbons (Fsp3) is 0.292. The van der Waals surface area contributed by atoms with Gasteiger partial charge in [0.25, 0.3) is 11.8 Å². The molecule has 0 spiro atoms. The van der Waals surface area contributed by atoms with Gasteiger partial charge in [-0.2, -0.15) is 0 Å². The number of fused-ring (bicyclic) bond motifs is 2. The second kappa shape index (κ2) is 35.5. The number of nitrogens with one attached hydrogen (secondary N) is 5. The van der Waals surface area contributed by atoms with Crippen molar-refractivity contribution >= 4 is 101 Å². The summed E-state index contributed by atoms with van der Waals surface area (Å²) < 4.78 is 0. The molecular weight excluding hydrogens is 1200 g/mol. The van der Waals surface area contributed by atoms with Crippen molar-refractivity contribution < 1.29 is 29.4 Å². The number of anilines is 3. The summed E-state index contributed by atoms with van der Waals surface area (Å²) in [6.45, 7) is 19.6. The van der Waals surface area contributed by atoms with Gasteiger partial charge in [0, 0.05) is 144 Å². The number of nitrogen functional groups attached to an aromatic ring is 1. The number of halogens is 2. The third-order valence-corrected chi connectivity index (χ3v) is 14.2. The van der Waals surface area contributed by atoms with Crippen molar-refractivity contribution in [3.8, 4) is 22.5 Å². The lowest BCUT2D eigenvalue weighted by atomic mass is 10.1. The van der Waals surface area contributed by atoms with Gasteiger partial charge in [0.1, 0.15) is 0 Å². The van der Waals surface area contributed by atoms with E-state index in [4.69, 9.17) is 45.7 Å². The molecule has 0 aliphatic carbocycles. The van der Waals surface area contributed by atoms with E-state index in [9.17, 15) is 19.2 Å². The molecule has 2 fully saturated rings. The Morgan fingerprint density at radius 1 is 0.739 bits per heavy atom. The van der Waals surface area contributed by atoms with Crippen LogP contribution in [0.5, 0.6) is 0 Å². The molecule has 0 unspecified atom stereocenters. The van der Waals surface area contributed by atoms with Gasteiger partial charge in [-0.15, -0.1) is 0 Å². The average molecular weight is 1280 g/mol. The smallest absolute Gasteiger partial charge is 0.253 e. The maximum absolute atomic E-state index is 13.2. The number of rotatable bonds is 19. The molecule has 6 heterocycles. The largest absolute Gasteiger partial charge is 0.399 e. The van der Waals surface area contributed by atoms with Crippen LogP contribution in [0.4, 0.5) is 29.0 Å². The highest BCUT2D eigenvalue weighted by Gasteiger charge is 2.29.